The molecule has 4 rings (SSSR count). The maximum Gasteiger partial charge on any atom is 0.0577 e. The lowest BCUT2D eigenvalue weighted by Crippen LogP contribution is -2.58. The van der Waals surface area contributed by atoms with Crippen molar-refractivity contribution in [2.24, 2.45) is 46.3 Å². The first kappa shape index (κ1) is 23.4. The van der Waals surface area contributed by atoms with Crippen LogP contribution in [0, 0.1) is 46.3 Å². The second-order valence-electron chi connectivity index (χ2n) is 12.2. The van der Waals surface area contributed by atoms with E-state index < -0.39 is 0 Å². The molecule has 0 aromatic carbocycles. The van der Waals surface area contributed by atoms with Crippen molar-refractivity contribution in [3.05, 3.63) is 0 Å². The van der Waals surface area contributed by atoms with Crippen LogP contribution in [0.3, 0.4) is 0 Å². The molecule has 0 spiro atoms. The molecule has 4 saturated carbocycles. The number of aliphatic hydroxyl groups excluding tert-OH is 2. The van der Waals surface area contributed by atoms with Crippen LogP contribution in [0.1, 0.15) is 98.3 Å². The van der Waals surface area contributed by atoms with E-state index in [1.807, 2.05) is 0 Å². The number of rotatable bonds is 7. The molecule has 4 aliphatic carbocycles. The van der Waals surface area contributed by atoms with Crippen molar-refractivity contribution in [1.29, 1.82) is 0 Å². The average Bonchev–Trinajstić information content (AvgIpc) is 3.07. The summed E-state index contributed by atoms with van der Waals surface area (Å²) in [6.07, 6.45) is 13.2. The first-order chi connectivity index (χ1) is 14.3. The van der Waals surface area contributed by atoms with Crippen LogP contribution >= 0.6 is 11.8 Å². The fourth-order valence-corrected chi connectivity index (χ4v) is 10.1. The van der Waals surface area contributed by atoms with E-state index in [2.05, 4.69) is 39.5 Å². The minimum atomic E-state index is -0.194. The summed E-state index contributed by atoms with van der Waals surface area (Å²) in [5.74, 6) is 7.02. The molecule has 0 bridgehead atoms. The summed E-state index contributed by atoms with van der Waals surface area (Å²) in [5.41, 5.74) is 0.747. The number of hydrogen-bond donors (Lipinski definition) is 2. The standard InChI is InChI=1S/C27H48O2S/c1-5-14-30-15-6-7-18(2)21-8-9-22-20-17-25(29)24-16-19(28)10-12-27(24,4)23(20)11-13-26(21,22)3/h18-25,28-29H,5-17H2,1-4H3/t18?,19-,20?,21?,22?,23?,24+,25+,26-,27-/m1/s1. The second kappa shape index (κ2) is 9.26. The van der Waals surface area contributed by atoms with Crippen LogP contribution in [0.2, 0.25) is 0 Å². The van der Waals surface area contributed by atoms with Crippen LogP contribution < -0.4 is 0 Å². The van der Waals surface area contributed by atoms with Gasteiger partial charge in [-0.2, -0.15) is 11.8 Å². The number of thioether (sulfide) groups is 1. The van der Waals surface area contributed by atoms with Gasteiger partial charge < -0.3 is 10.2 Å². The minimum absolute atomic E-state index is 0.185. The second-order valence-corrected chi connectivity index (χ2v) is 13.4. The van der Waals surface area contributed by atoms with Gasteiger partial charge in [0.25, 0.3) is 0 Å². The van der Waals surface area contributed by atoms with E-state index in [0.717, 1.165) is 49.4 Å². The van der Waals surface area contributed by atoms with Crippen molar-refractivity contribution in [2.45, 2.75) is 111 Å². The highest BCUT2D eigenvalue weighted by molar-refractivity contribution is 7.99. The van der Waals surface area contributed by atoms with Gasteiger partial charge in [0, 0.05) is 0 Å². The predicted octanol–water partition coefficient (Wildman–Crippen LogP) is 6.54. The van der Waals surface area contributed by atoms with Gasteiger partial charge in [-0.25, -0.2) is 0 Å². The Kier molecular flexibility index (Phi) is 7.23. The SMILES string of the molecule is CCCSCCCC(C)C1CCC2C3C[C@H](O)[C@@H]4C[C@H](O)CC[C@]4(C)C3CC[C@]12C. The normalized spacial score (nSPS) is 49.2. The van der Waals surface area contributed by atoms with Gasteiger partial charge in [0.05, 0.1) is 12.2 Å². The summed E-state index contributed by atoms with van der Waals surface area (Å²) in [7, 11) is 0. The molecule has 3 heteroatoms. The predicted molar refractivity (Wildman–Crippen MR) is 129 cm³/mol. The van der Waals surface area contributed by atoms with Crippen LogP contribution in [0.25, 0.3) is 0 Å². The van der Waals surface area contributed by atoms with Crippen molar-refractivity contribution in [1.82, 2.24) is 0 Å². The highest BCUT2D eigenvalue weighted by Crippen LogP contribution is 2.68. The van der Waals surface area contributed by atoms with Crippen molar-refractivity contribution >= 4 is 11.8 Å². The Bertz CT molecular complexity index is 581. The summed E-state index contributed by atoms with van der Waals surface area (Å²) in [4.78, 5) is 0. The van der Waals surface area contributed by atoms with E-state index in [4.69, 9.17) is 0 Å². The molecule has 0 aliphatic heterocycles. The van der Waals surface area contributed by atoms with Crippen LogP contribution in [0.5, 0.6) is 0 Å². The average molecular weight is 437 g/mol. The molecule has 4 fully saturated rings. The number of hydrogen-bond acceptors (Lipinski definition) is 3. The van der Waals surface area contributed by atoms with E-state index in [1.165, 1.54) is 56.5 Å². The first-order valence-corrected chi connectivity index (χ1v) is 14.4. The van der Waals surface area contributed by atoms with Gasteiger partial charge in [-0.15, -0.1) is 0 Å². The van der Waals surface area contributed by atoms with Gasteiger partial charge in [-0.3, -0.25) is 0 Å². The molecule has 5 unspecified atom stereocenters. The van der Waals surface area contributed by atoms with Gasteiger partial charge in [0.15, 0.2) is 0 Å². The van der Waals surface area contributed by atoms with Gasteiger partial charge in [-0.05, 0) is 128 Å². The molecule has 2 N–H and O–H groups in total. The molecular formula is C27H48O2S. The van der Waals surface area contributed by atoms with E-state index in [-0.39, 0.29) is 17.6 Å². The third-order valence-corrected chi connectivity index (χ3v) is 12.0. The van der Waals surface area contributed by atoms with Crippen molar-refractivity contribution < 1.29 is 10.2 Å². The molecule has 30 heavy (non-hydrogen) atoms. The third kappa shape index (κ3) is 4.03. The Balaban J connectivity index is 1.44. The number of aliphatic hydroxyl groups is 2. The van der Waals surface area contributed by atoms with E-state index in [0.29, 0.717) is 17.3 Å². The lowest BCUT2D eigenvalue weighted by Gasteiger charge is -2.62. The van der Waals surface area contributed by atoms with Gasteiger partial charge >= 0.3 is 0 Å². The van der Waals surface area contributed by atoms with Crippen molar-refractivity contribution in [3.8, 4) is 0 Å². The fraction of sp³-hybridized carbons (Fsp3) is 1.00. The monoisotopic (exact) mass is 436 g/mol. The molecule has 0 amide bonds. The Hall–Kier alpha value is 0.270. The van der Waals surface area contributed by atoms with Crippen LogP contribution in [0.15, 0.2) is 0 Å². The van der Waals surface area contributed by atoms with Crippen LogP contribution in [-0.2, 0) is 0 Å². The highest BCUT2D eigenvalue weighted by Gasteiger charge is 2.62. The zero-order valence-electron chi connectivity index (χ0n) is 20.1. The van der Waals surface area contributed by atoms with E-state index in [9.17, 15) is 10.2 Å². The van der Waals surface area contributed by atoms with E-state index >= 15 is 0 Å². The Morgan fingerprint density at radius 2 is 1.63 bits per heavy atom. The first-order valence-electron chi connectivity index (χ1n) is 13.2. The Labute approximate surface area is 190 Å². The molecule has 10 atom stereocenters. The third-order valence-electron chi connectivity index (χ3n) is 10.7. The molecule has 0 aromatic rings. The fourth-order valence-electron chi connectivity index (χ4n) is 9.21. The summed E-state index contributed by atoms with van der Waals surface area (Å²) >= 11 is 2.14. The van der Waals surface area contributed by atoms with Gasteiger partial charge in [-0.1, -0.05) is 27.7 Å². The smallest absolute Gasteiger partial charge is 0.0577 e. The molecule has 174 valence electrons. The summed E-state index contributed by atoms with van der Waals surface area (Å²) < 4.78 is 0. The zero-order chi connectivity index (χ0) is 21.5. The van der Waals surface area contributed by atoms with E-state index in [1.54, 1.807) is 0 Å². The summed E-state index contributed by atoms with van der Waals surface area (Å²) in [6.45, 7) is 9.95. The van der Waals surface area contributed by atoms with Crippen molar-refractivity contribution in [2.75, 3.05) is 11.5 Å². The zero-order valence-corrected chi connectivity index (χ0v) is 20.9. The molecule has 0 saturated heterocycles. The van der Waals surface area contributed by atoms with Crippen LogP contribution in [0.4, 0.5) is 0 Å². The molecule has 0 aromatic heterocycles. The Morgan fingerprint density at radius 3 is 2.40 bits per heavy atom. The molecule has 2 nitrogen and oxygen atoms in total. The van der Waals surface area contributed by atoms with Crippen LogP contribution in [-0.4, -0.2) is 33.9 Å². The Morgan fingerprint density at radius 1 is 0.900 bits per heavy atom. The largest absolute Gasteiger partial charge is 0.393 e. The minimum Gasteiger partial charge on any atom is -0.393 e. The maximum absolute atomic E-state index is 11.2. The summed E-state index contributed by atoms with van der Waals surface area (Å²) in [5, 5.41) is 21.4. The molecule has 0 radical (unpaired) electrons. The molecule has 0 heterocycles. The molecule has 4 aliphatic rings. The summed E-state index contributed by atoms with van der Waals surface area (Å²) in [6, 6.07) is 0. The van der Waals surface area contributed by atoms with Gasteiger partial charge in [0.1, 0.15) is 0 Å². The maximum atomic E-state index is 11.2. The topological polar surface area (TPSA) is 40.5 Å². The lowest BCUT2D eigenvalue weighted by atomic mass is 9.44. The highest BCUT2D eigenvalue weighted by atomic mass is 32.2. The quantitative estimate of drug-likeness (QED) is 0.445. The molecular weight excluding hydrogens is 388 g/mol. The van der Waals surface area contributed by atoms with Gasteiger partial charge in [0.2, 0.25) is 0 Å². The van der Waals surface area contributed by atoms with Crippen molar-refractivity contribution in [3.63, 3.8) is 0 Å². The lowest BCUT2D eigenvalue weighted by molar-refractivity contribution is -0.172. The number of fused-ring (bicyclic) bond motifs is 5.